The van der Waals surface area contributed by atoms with Gasteiger partial charge in [0.2, 0.25) is 0 Å². The molecule has 0 spiro atoms. The van der Waals surface area contributed by atoms with E-state index in [9.17, 15) is 0 Å². The molecule has 1 aromatic heterocycles. The molecule has 6 heteroatoms. The molecule has 6 nitrogen and oxygen atoms in total. The van der Waals surface area contributed by atoms with Crippen molar-refractivity contribution in [1.82, 2.24) is 4.57 Å². The summed E-state index contributed by atoms with van der Waals surface area (Å²) in [6, 6.07) is 6.82. The standard InChI is InChI=1S/C40H44N6.2C2H6/c1-6-8-23-44-39-29-45(40(32(39)5)28-41-7-2)34-17-11-14-33(15-12-18-34)38-21-20-36(25-30(38)3)46(37-16-9-10-22-42-27-37)35-19-13-24-43-31(4)26-35;2*1-2/h6,8,10-11,13-16,18-29,31H,7,9,12,17H2,1-5H3;2*1-2H3/b8-6-,14-11-,33-15+,34-18?,41-28?,44-23?;;. The number of anilines is 1. The number of benzene rings is 1. The Labute approximate surface area is 301 Å². The van der Waals surface area contributed by atoms with Crippen LogP contribution in [0.3, 0.4) is 0 Å². The van der Waals surface area contributed by atoms with Crippen LogP contribution >= 0.6 is 0 Å². The Balaban J connectivity index is 0.00000163. The van der Waals surface area contributed by atoms with Gasteiger partial charge in [0.1, 0.15) is 0 Å². The summed E-state index contributed by atoms with van der Waals surface area (Å²) >= 11 is 0. The molecule has 50 heavy (non-hydrogen) atoms. The van der Waals surface area contributed by atoms with Crippen LogP contribution in [0.4, 0.5) is 11.4 Å². The first-order chi connectivity index (χ1) is 24.5. The van der Waals surface area contributed by atoms with Crippen LogP contribution in [0, 0.1) is 13.8 Å². The average molecular weight is 669 g/mol. The van der Waals surface area contributed by atoms with Crippen LogP contribution in [0.5, 0.6) is 0 Å². The van der Waals surface area contributed by atoms with Gasteiger partial charge in [0, 0.05) is 66.7 Å². The lowest BCUT2D eigenvalue weighted by atomic mass is 9.96. The van der Waals surface area contributed by atoms with Gasteiger partial charge in [0.25, 0.3) is 0 Å². The van der Waals surface area contributed by atoms with E-state index in [1.807, 2.05) is 83.9 Å². The second-order valence-corrected chi connectivity index (χ2v) is 11.4. The molecule has 1 aromatic carbocycles. The predicted molar refractivity (Wildman–Crippen MR) is 223 cm³/mol. The number of aromatic nitrogens is 1. The van der Waals surface area contributed by atoms with Crippen molar-refractivity contribution in [3.63, 3.8) is 0 Å². The van der Waals surface area contributed by atoms with Crippen LogP contribution in [-0.2, 0) is 0 Å². The van der Waals surface area contributed by atoms with Crippen molar-refractivity contribution < 1.29 is 0 Å². The maximum absolute atomic E-state index is 4.69. The highest BCUT2D eigenvalue weighted by molar-refractivity contribution is 5.89. The van der Waals surface area contributed by atoms with Crippen molar-refractivity contribution in [2.45, 2.75) is 87.6 Å². The van der Waals surface area contributed by atoms with E-state index in [0.717, 1.165) is 59.8 Å². The molecule has 1 unspecified atom stereocenters. The minimum absolute atomic E-state index is 0.0838. The molecule has 1 atom stereocenters. The van der Waals surface area contributed by atoms with Crippen LogP contribution in [0.1, 0.15) is 90.1 Å². The summed E-state index contributed by atoms with van der Waals surface area (Å²) in [4.78, 5) is 20.6. The lowest BCUT2D eigenvalue weighted by molar-refractivity contribution is 0.920. The van der Waals surface area contributed by atoms with E-state index in [-0.39, 0.29) is 6.04 Å². The third-order valence-electron chi connectivity index (χ3n) is 8.04. The van der Waals surface area contributed by atoms with Crippen molar-refractivity contribution in [2.24, 2.45) is 20.0 Å². The normalized spacial score (nSPS) is 18.9. The smallest absolute Gasteiger partial charge is 0.0846 e. The average Bonchev–Trinajstić information content (AvgIpc) is 3.32. The zero-order valence-electron chi connectivity index (χ0n) is 31.6. The number of nitrogens with zero attached hydrogens (tertiary/aromatic N) is 6. The lowest BCUT2D eigenvalue weighted by Crippen LogP contribution is -2.23. The van der Waals surface area contributed by atoms with E-state index in [1.165, 1.54) is 22.4 Å². The fraction of sp³-hybridized carbons (Fsp3) is 0.318. The Morgan fingerprint density at radius 3 is 2.58 bits per heavy atom. The quantitative estimate of drug-likeness (QED) is 0.245. The minimum atomic E-state index is 0.0838. The van der Waals surface area contributed by atoms with Gasteiger partial charge in [-0.1, -0.05) is 76.3 Å². The van der Waals surface area contributed by atoms with Crippen molar-refractivity contribution in [2.75, 3.05) is 11.4 Å². The monoisotopic (exact) mass is 668 g/mol. The zero-order chi connectivity index (χ0) is 36.3. The molecular formula is C44H56N6. The third kappa shape index (κ3) is 10.4. The van der Waals surface area contributed by atoms with Gasteiger partial charge in [-0.05, 0) is 101 Å². The Hall–Kier alpha value is -5.10. The van der Waals surface area contributed by atoms with Gasteiger partial charge in [0.15, 0.2) is 0 Å². The Morgan fingerprint density at radius 2 is 1.82 bits per heavy atom. The summed E-state index contributed by atoms with van der Waals surface area (Å²) < 4.78 is 2.25. The van der Waals surface area contributed by atoms with Gasteiger partial charge in [-0.2, -0.15) is 0 Å². The molecule has 0 amide bonds. The van der Waals surface area contributed by atoms with Crippen LogP contribution in [0.2, 0.25) is 0 Å². The molecule has 0 N–H and O–H groups in total. The van der Waals surface area contributed by atoms with Gasteiger partial charge in [-0.3, -0.25) is 20.0 Å². The number of aryl methyl sites for hydroxylation is 1. The minimum Gasteiger partial charge on any atom is -0.317 e. The van der Waals surface area contributed by atoms with Crippen molar-refractivity contribution >= 4 is 47.5 Å². The maximum atomic E-state index is 4.69. The SMILES string of the molecule is C/C=C\C=Nc1cn(C2=CC/C=C(c3ccc(N(C4=CCC=CN=C4)C4=CC(C)N=CC=C4)cc3C)\C=C/C2)c(C=NCC)c1C.CC.CC. The summed E-state index contributed by atoms with van der Waals surface area (Å²) in [6.07, 6.45) is 37.8. The van der Waals surface area contributed by atoms with E-state index in [2.05, 4.69) is 125 Å². The number of hydrogen-bond donors (Lipinski definition) is 0. The first-order valence-corrected chi connectivity index (χ1v) is 18.1. The number of aliphatic imine (C=N–C) groups is 4. The van der Waals surface area contributed by atoms with E-state index in [0.29, 0.717) is 0 Å². The van der Waals surface area contributed by atoms with Crippen molar-refractivity contribution in [3.05, 3.63) is 131 Å². The van der Waals surface area contributed by atoms with E-state index >= 15 is 0 Å². The third-order valence-corrected chi connectivity index (χ3v) is 8.04. The summed E-state index contributed by atoms with van der Waals surface area (Å²) in [5, 5.41) is 0. The molecule has 0 saturated heterocycles. The molecule has 1 aliphatic carbocycles. The highest BCUT2D eigenvalue weighted by Gasteiger charge is 2.18. The van der Waals surface area contributed by atoms with E-state index < -0.39 is 0 Å². The Bertz CT molecular complexity index is 1790. The topological polar surface area (TPSA) is 57.6 Å². The fourth-order valence-corrected chi connectivity index (χ4v) is 5.70. The number of allylic oxidation sites excluding steroid dienone is 13. The van der Waals surface area contributed by atoms with Crippen LogP contribution in [0.25, 0.3) is 11.3 Å². The van der Waals surface area contributed by atoms with Crippen LogP contribution < -0.4 is 4.90 Å². The van der Waals surface area contributed by atoms with Crippen LogP contribution in [-0.4, -0.2) is 42.0 Å². The lowest BCUT2D eigenvalue weighted by Gasteiger charge is -2.28. The summed E-state index contributed by atoms with van der Waals surface area (Å²) in [5.74, 6) is 0. The maximum Gasteiger partial charge on any atom is 0.0846 e. The summed E-state index contributed by atoms with van der Waals surface area (Å²) in [5.41, 5.74) is 11.3. The van der Waals surface area contributed by atoms with Crippen molar-refractivity contribution in [1.29, 1.82) is 0 Å². The Kier molecular flexibility index (Phi) is 16.6. The van der Waals surface area contributed by atoms with Crippen molar-refractivity contribution in [3.8, 4) is 0 Å². The molecule has 2 aliphatic heterocycles. The van der Waals surface area contributed by atoms with Gasteiger partial charge in [0.05, 0.1) is 29.3 Å². The largest absolute Gasteiger partial charge is 0.317 e. The van der Waals surface area contributed by atoms with Gasteiger partial charge >= 0.3 is 0 Å². The van der Waals surface area contributed by atoms with E-state index in [1.54, 1.807) is 0 Å². The molecule has 262 valence electrons. The number of rotatable bonds is 9. The summed E-state index contributed by atoms with van der Waals surface area (Å²) in [6.45, 7) is 19.2. The molecule has 0 bridgehead atoms. The van der Waals surface area contributed by atoms with Gasteiger partial charge < -0.3 is 9.47 Å². The highest BCUT2D eigenvalue weighted by Crippen LogP contribution is 2.33. The second-order valence-electron chi connectivity index (χ2n) is 11.4. The molecule has 0 fully saturated rings. The van der Waals surface area contributed by atoms with Gasteiger partial charge in [-0.15, -0.1) is 0 Å². The first-order valence-electron chi connectivity index (χ1n) is 18.1. The van der Waals surface area contributed by atoms with Gasteiger partial charge in [-0.25, -0.2) is 0 Å². The molecule has 5 rings (SSSR count). The zero-order valence-corrected chi connectivity index (χ0v) is 31.6. The molecule has 3 aliphatic rings. The first kappa shape index (κ1) is 39.3. The predicted octanol–water partition coefficient (Wildman–Crippen LogP) is 11.7. The Morgan fingerprint density at radius 1 is 1.00 bits per heavy atom. The highest BCUT2D eigenvalue weighted by atomic mass is 15.2. The molecule has 0 saturated carbocycles. The number of hydrogen-bond acceptors (Lipinski definition) is 5. The molecule has 2 aromatic rings. The molecule has 0 radical (unpaired) electrons. The summed E-state index contributed by atoms with van der Waals surface area (Å²) in [7, 11) is 0. The molecular weight excluding hydrogens is 613 g/mol. The van der Waals surface area contributed by atoms with Crippen LogP contribution in [0.15, 0.2) is 129 Å². The second kappa shape index (κ2) is 21.1. The molecule has 3 heterocycles. The van der Waals surface area contributed by atoms with E-state index in [4.69, 9.17) is 4.99 Å². The fourth-order valence-electron chi connectivity index (χ4n) is 5.70.